The van der Waals surface area contributed by atoms with Crippen molar-refractivity contribution < 1.29 is 4.74 Å². The van der Waals surface area contributed by atoms with E-state index in [9.17, 15) is 0 Å². The van der Waals surface area contributed by atoms with Gasteiger partial charge >= 0.3 is 0 Å². The summed E-state index contributed by atoms with van der Waals surface area (Å²) in [6.45, 7) is 10.0. The molecule has 0 aromatic carbocycles. The number of rotatable bonds is 5. The molecule has 3 heteroatoms. The van der Waals surface area contributed by atoms with Crippen molar-refractivity contribution >= 4 is 0 Å². The second-order valence-corrected chi connectivity index (χ2v) is 5.52. The van der Waals surface area contributed by atoms with Crippen LogP contribution >= 0.6 is 0 Å². The minimum Gasteiger partial charge on any atom is -0.376 e. The Balaban J connectivity index is 1.79. The van der Waals surface area contributed by atoms with E-state index in [-0.39, 0.29) is 0 Å². The highest BCUT2D eigenvalue weighted by Crippen LogP contribution is 2.27. The summed E-state index contributed by atoms with van der Waals surface area (Å²) in [5, 5.41) is 3.65. The topological polar surface area (TPSA) is 24.5 Å². The van der Waals surface area contributed by atoms with Crippen molar-refractivity contribution in [2.45, 2.75) is 51.7 Å². The number of ether oxygens (including phenoxy) is 1. The van der Waals surface area contributed by atoms with Crippen LogP contribution in [0.15, 0.2) is 0 Å². The first-order valence-electron chi connectivity index (χ1n) is 7.40. The molecule has 0 aromatic heterocycles. The monoisotopic (exact) mass is 240 g/mol. The third-order valence-electron chi connectivity index (χ3n) is 4.30. The molecule has 17 heavy (non-hydrogen) atoms. The van der Waals surface area contributed by atoms with Gasteiger partial charge in [-0.15, -0.1) is 0 Å². The van der Waals surface area contributed by atoms with Crippen LogP contribution < -0.4 is 5.32 Å². The van der Waals surface area contributed by atoms with Gasteiger partial charge in [-0.1, -0.05) is 20.3 Å². The normalized spacial score (nSPS) is 35.3. The Bertz CT molecular complexity index is 222. The van der Waals surface area contributed by atoms with Crippen LogP contribution in [0.5, 0.6) is 0 Å². The molecule has 0 radical (unpaired) electrons. The summed E-state index contributed by atoms with van der Waals surface area (Å²) in [4.78, 5) is 2.62. The number of hydrogen-bond donors (Lipinski definition) is 1. The van der Waals surface area contributed by atoms with Gasteiger partial charge in [-0.25, -0.2) is 0 Å². The molecule has 1 aliphatic carbocycles. The van der Waals surface area contributed by atoms with Crippen molar-refractivity contribution in [3.63, 3.8) is 0 Å². The lowest BCUT2D eigenvalue weighted by Crippen LogP contribution is -2.46. The molecule has 1 N–H and O–H groups in total. The molecule has 0 spiro atoms. The summed E-state index contributed by atoms with van der Waals surface area (Å²) in [5.41, 5.74) is 0. The van der Waals surface area contributed by atoms with E-state index in [1.54, 1.807) is 0 Å². The molecule has 2 fully saturated rings. The number of nitrogens with one attached hydrogen (secondary N) is 1. The summed E-state index contributed by atoms with van der Waals surface area (Å²) < 4.78 is 5.74. The van der Waals surface area contributed by atoms with Crippen LogP contribution in [0.2, 0.25) is 0 Å². The lowest BCUT2D eigenvalue weighted by atomic mass is 10.0. The van der Waals surface area contributed by atoms with Gasteiger partial charge in [0, 0.05) is 25.7 Å². The lowest BCUT2D eigenvalue weighted by molar-refractivity contribution is -0.0347. The molecular weight excluding hydrogens is 212 g/mol. The van der Waals surface area contributed by atoms with Crippen LogP contribution in [0.1, 0.15) is 39.5 Å². The summed E-state index contributed by atoms with van der Waals surface area (Å²) >= 11 is 0. The molecule has 0 aromatic rings. The second kappa shape index (κ2) is 6.72. The maximum Gasteiger partial charge on any atom is 0.0700 e. The molecule has 1 heterocycles. The van der Waals surface area contributed by atoms with Crippen molar-refractivity contribution in [1.29, 1.82) is 0 Å². The summed E-state index contributed by atoms with van der Waals surface area (Å²) in [6, 6.07) is 0.767. The van der Waals surface area contributed by atoms with Crippen LogP contribution in [0.25, 0.3) is 0 Å². The molecule has 3 unspecified atom stereocenters. The fraction of sp³-hybridized carbons (Fsp3) is 1.00. The zero-order chi connectivity index (χ0) is 12.1. The molecule has 3 nitrogen and oxygen atoms in total. The zero-order valence-corrected chi connectivity index (χ0v) is 11.5. The SMILES string of the molecule is CCNC1CCCC1CN1CCOC(CC)C1. The fourth-order valence-electron chi connectivity index (χ4n) is 3.31. The highest BCUT2D eigenvalue weighted by molar-refractivity contribution is 4.86. The molecule has 1 saturated carbocycles. The fourth-order valence-corrected chi connectivity index (χ4v) is 3.31. The van der Waals surface area contributed by atoms with Crippen molar-refractivity contribution in [1.82, 2.24) is 10.2 Å². The van der Waals surface area contributed by atoms with Crippen LogP contribution in [0, 0.1) is 5.92 Å². The van der Waals surface area contributed by atoms with E-state index in [2.05, 4.69) is 24.1 Å². The molecule has 1 aliphatic heterocycles. The first-order valence-corrected chi connectivity index (χ1v) is 7.40. The van der Waals surface area contributed by atoms with Gasteiger partial charge in [0.25, 0.3) is 0 Å². The Labute approximate surface area is 106 Å². The van der Waals surface area contributed by atoms with E-state index in [1.165, 1.54) is 25.8 Å². The van der Waals surface area contributed by atoms with Crippen LogP contribution in [-0.4, -0.2) is 49.8 Å². The lowest BCUT2D eigenvalue weighted by Gasteiger charge is -2.35. The zero-order valence-electron chi connectivity index (χ0n) is 11.5. The van der Waals surface area contributed by atoms with Gasteiger partial charge in [-0.05, 0) is 31.7 Å². The van der Waals surface area contributed by atoms with E-state index in [1.807, 2.05) is 0 Å². The van der Waals surface area contributed by atoms with Crippen LogP contribution in [-0.2, 0) is 4.74 Å². The molecule has 0 bridgehead atoms. The smallest absolute Gasteiger partial charge is 0.0700 e. The average Bonchev–Trinajstić information content (AvgIpc) is 2.78. The molecular formula is C14H28N2O. The van der Waals surface area contributed by atoms with Crippen molar-refractivity contribution in [3.05, 3.63) is 0 Å². The molecule has 1 saturated heterocycles. The molecule has 100 valence electrons. The largest absolute Gasteiger partial charge is 0.376 e. The van der Waals surface area contributed by atoms with E-state index in [4.69, 9.17) is 4.74 Å². The maximum absolute atomic E-state index is 5.74. The molecule has 0 amide bonds. The van der Waals surface area contributed by atoms with E-state index >= 15 is 0 Å². The average molecular weight is 240 g/mol. The van der Waals surface area contributed by atoms with Gasteiger partial charge in [-0.3, -0.25) is 4.90 Å². The Kier molecular flexibility index (Phi) is 5.26. The van der Waals surface area contributed by atoms with Gasteiger partial charge in [0.2, 0.25) is 0 Å². The Morgan fingerprint density at radius 2 is 2.18 bits per heavy atom. The molecule has 3 atom stereocenters. The summed E-state index contributed by atoms with van der Waals surface area (Å²) in [5.74, 6) is 0.866. The second-order valence-electron chi connectivity index (χ2n) is 5.52. The van der Waals surface area contributed by atoms with Gasteiger partial charge < -0.3 is 10.1 Å². The quantitative estimate of drug-likeness (QED) is 0.794. The maximum atomic E-state index is 5.74. The van der Waals surface area contributed by atoms with Crippen LogP contribution in [0.4, 0.5) is 0 Å². The van der Waals surface area contributed by atoms with Gasteiger partial charge in [-0.2, -0.15) is 0 Å². The van der Waals surface area contributed by atoms with Crippen LogP contribution in [0.3, 0.4) is 0 Å². The van der Waals surface area contributed by atoms with E-state index in [0.717, 1.165) is 44.6 Å². The Morgan fingerprint density at radius 3 is 2.94 bits per heavy atom. The Hall–Kier alpha value is -0.120. The van der Waals surface area contributed by atoms with Gasteiger partial charge in [0.05, 0.1) is 12.7 Å². The first-order chi connectivity index (χ1) is 8.33. The predicted molar refractivity (Wildman–Crippen MR) is 71.3 cm³/mol. The van der Waals surface area contributed by atoms with Crippen molar-refractivity contribution in [2.75, 3.05) is 32.8 Å². The number of morpholine rings is 1. The third kappa shape index (κ3) is 3.67. The van der Waals surface area contributed by atoms with E-state index in [0.29, 0.717) is 6.10 Å². The van der Waals surface area contributed by atoms with Crippen molar-refractivity contribution in [3.8, 4) is 0 Å². The van der Waals surface area contributed by atoms with Gasteiger partial charge in [0.1, 0.15) is 0 Å². The first kappa shape index (κ1) is 13.3. The number of nitrogens with zero attached hydrogens (tertiary/aromatic N) is 1. The summed E-state index contributed by atoms with van der Waals surface area (Å²) in [6.07, 6.45) is 5.82. The van der Waals surface area contributed by atoms with Gasteiger partial charge in [0.15, 0.2) is 0 Å². The highest BCUT2D eigenvalue weighted by Gasteiger charge is 2.29. The minimum absolute atomic E-state index is 0.475. The summed E-state index contributed by atoms with van der Waals surface area (Å²) in [7, 11) is 0. The van der Waals surface area contributed by atoms with Crippen molar-refractivity contribution in [2.24, 2.45) is 5.92 Å². The molecule has 2 rings (SSSR count). The Morgan fingerprint density at radius 1 is 1.29 bits per heavy atom. The number of hydrogen-bond acceptors (Lipinski definition) is 3. The highest BCUT2D eigenvalue weighted by atomic mass is 16.5. The third-order valence-corrected chi connectivity index (χ3v) is 4.30. The minimum atomic E-state index is 0.475. The van der Waals surface area contributed by atoms with E-state index < -0.39 is 0 Å². The standard InChI is InChI=1S/C14H28N2O/c1-3-13-11-16(8-9-17-13)10-12-6-5-7-14(12)15-4-2/h12-15H,3-11H2,1-2H3. The molecule has 2 aliphatic rings. The predicted octanol–water partition coefficient (Wildman–Crippen LogP) is 1.88.